The standard InChI is InChI=1S/C14H15NO/c1-2-12-8-9-15(14(16)10-12)11-13-6-4-3-5-7-13/h3-10H,2,11H2,1H3. The Balaban J connectivity index is 2.26. The Kier molecular flexibility index (Phi) is 3.20. The van der Waals surface area contributed by atoms with E-state index < -0.39 is 0 Å². The van der Waals surface area contributed by atoms with E-state index in [1.165, 1.54) is 0 Å². The number of rotatable bonds is 3. The number of aromatic nitrogens is 1. The van der Waals surface area contributed by atoms with Crippen LogP contribution in [0.25, 0.3) is 0 Å². The van der Waals surface area contributed by atoms with Crippen molar-refractivity contribution in [2.45, 2.75) is 19.9 Å². The third-order valence-corrected chi connectivity index (χ3v) is 2.66. The van der Waals surface area contributed by atoms with Crippen LogP contribution in [0.2, 0.25) is 0 Å². The fourth-order valence-corrected chi connectivity index (χ4v) is 1.68. The van der Waals surface area contributed by atoms with E-state index in [2.05, 4.69) is 6.92 Å². The molecule has 0 atom stereocenters. The number of hydrogen-bond donors (Lipinski definition) is 0. The third-order valence-electron chi connectivity index (χ3n) is 2.66. The summed E-state index contributed by atoms with van der Waals surface area (Å²) in [7, 11) is 0. The highest BCUT2D eigenvalue weighted by molar-refractivity contribution is 5.17. The number of hydrogen-bond acceptors (Lipinski definition) is 1. The lowest BCUT2D eigenvalue weighted by molar-refractivity contribution is 0.755. The van der Waals surface area contributed by atoms with Gasteiger partial charge in [-0.2, -0.15) is 0 Å². The summed E-state index contributed by atoms with van der Waals surface area (Å²) < 4.78 is 1.73. The highest BCUT2D eigenvalue weighted by atomic mass is 16.1. The van der Waals surface area contributed by atoms with Crippen molar-refractivity contribution in [3.8, 4) is 0 Å². The molecule has 2 heteroatoms. The summed E-state index contributed by atoms with van der Waals surface area (Å²) >= 11 is 0. The third kappa shape index (κ3) is 2.40. The number of nitrogens with zero attached hydrogens (tertiary/aromatic N) is 1. The van der Waals surface area contributed by atoms with Crippen molar-refractivity contribution in [3.05, 3.63) is 70.1 Å². The first-order chi connectivity index (χ1) is 7.79. The molecule has 16 heavy (non-hydrogen) atoms. The normalized spacial score (nSPS) is 10.3. The van der Waals surface area contributed by atoms with Gasteiger partial charge in [0, 0.05) is 12.3 Å². The Bertz CT molecular complexity index is 514. The van der Waals surface area contributed by atoms with Crippen LogP contribution in [0, 0.1) is 0 Å². The van der Waals surface area contributed by atoms with E-state index in [1.54, 1.807) is 10.6 Å². The molecule has 0 saturated heterocycles. The quantitative estimate of drug-likeness (QED) is 0.767. The van der Waals surface area contributed by atoms with Gasteiger partial charge in [0.2, 0.25) is 0 Å². The molecule has 0 amide bonds. The highest BCUT2D eigenvalue weighted by Gasteiger charge is 1.98. The van der Waals surface area contributed by atoms with Crippen molar-refractivity contribution < 1.29 is 0 Å². The van der Waals surface area contributed by atoms with Crippen molar-refractivity contribution >= 4 is 0 Å². The molecule has 1 heterocycles. The molecule has 0 bridgehead atoms. The topological polar surface area (TPSA) is 22.0 Å². The average Bonchev–Trinajstić information content (AvgIpc) is 2.33. The predicted octanol–water partition coefficient (Wildman–Crippen LogP) is 2.46. The van der Waals surface area contributed by atoms with Gasteiger partial charge in [-0.05, 0) is 23.6 Å². The molecule has 0 radical (unpaired) electrons. The molecule has 0 unspecified atom stereocenters. The van der Waals surface area contributed by atoms with Crippen LogP contribution < -0.4 is 5.56 Å². The van der Waals surface area contributed by atoms with Crippen LogP contribution >= 0.6 is 0 Å². The number of benzene rings is 1. The van der Waals surface area contributed by atoms with E-state index >= 15 is 0 Å². The number of pyridine rings is 1. The molecule has 1 aromatic heterocycles. The van der Waals surface area contributed by atoms with Crippen LogP contribution in [0.3, 0.4) is 0 Å². The van der Waals surface area contributed by atoms with E-state index in [4.69, 9.17) is 0 Å². The molecule has 0 saturated carbocycles. The molecule has 0 aliphatic carbocycles. The molecule has 2 aromatic rings. The first kappa shape index (κ1) is 10.7. The van der Waals surface area contributed by atoms with Crippen molar-refractivity contribution in [1.82, 2.24) is 4.57 Å². The predicted molar refractivity (Wildman–Crippen MR) is 65.6 cm³/mol. The van der Waals surface area contributed by atoms with Gasteiger partial charge < -0.3 is 4.57 Å². The van der Waals surface area contributed by atoms with Gasteiger partial charge in [0.1, 0.15) is 0 Å². The zero-order chi connectivity index (χ0) is 11.4. The van der Waals surface area contributed by atoms with Gasteiger partial charge in [-0.25, -0.2) is 0 Å². The van der Waals surface area contributed by atoms with Crippen LogP contribution in [-0.4, -0.2) is 4.57 Å². The molecule has 0 aliphatic heterocycles. The van der Waals surface area contributed by atoms with E-state index in [9.17, 15) is 4.79 Å². The largest absolute Gasteiger partial charge is 0.311 e. The van der Waals surface area contributed by atoms with E-state index in [0.717, 1.165) is 17.5 Å². The highest BCUT2D eigenvalue weighted by Crippen LogP contribution is 2.01. The minimum atomic E-state index is 0.0724. The lowest BCUT2D eigenvalue weighted by Crippen LogP contribution is -2.19. The monoisotopic (exact) mass is 213 g/mol. The van der Waals surface area contributed by atoms with Crippen molar-refractivity contribution in [2.24, 2.45) is 0 Å². The maximum Gasteiger partial charge on any atom is 0.251 e. The Morgan fingerprint density at radius 1 is 1.06 bits per heavy atom. The Labute approximate surface area is 95.2 Å². The summed E-state index contributed by atoms with van der Waals surface area (Å²) in [6.07, 6.45) is 2.77. The first-order valence-corrected chi connectivity index (χ1v) is 5.53. The van der Waals surface area contributed by atoms with Gasteiger partial charge in [-0.1, -0.05) is 37.3 Å². The lowest BCUT2D eigenvalue weighted by Gasteiger charge is -2.06. The Morgan fingerprint density at radius 3 is 2.44 bits per heavy atom. The molecule has 0 spiro atoms. The average molecular weight is 213 g/mol. The van der Waals surface area contributed by atoms with Crippen LogP contribution in [0.1, 0.15) is 18.1 Å². The maximum atomic E-state index is 11.8. The second-order valence-corrected chi connectivity index (χ2v) is 3.84. The zero-order valence-electron chi connectivity index (χ0n) is 9.39. The maximum absolute atomic E-state index is 11.8. The molecular weight excluding hydrogens is 198 g/mol. The van der Waals surface area contributed by atoms with Gasteiger partial charge >= 0.3 is 0 Å². The molecule has 0 aliphatic rings. The lowest BCUT2D eigenvalue weighted by atomic mass is 10.2. The fourth-order valence-electron chi connectivity index (χ4n) is 1.68. The van der Waals surface area contributed by atoms with E-state index in [-0.39, 0.29) is 5.56 Å². The summed E-state index contributed by atoms with van der Waals surface area (Å²) in [4.78, 5) is 11.8. The molecule has 1 aromatic carbocycles. The molecule has 0 N–H and O–H groups in total. The summed E-state index contributed by atoms with van der Waals surface area (Å²) in [5.41, 5.74) is 2.31. The fraction of sp³-hybridized carbons (Fsp3) is 0.214. The Hall–Kier alpha value is -1.83. The van der Waals surface area contributed by atoms with Crippen molar-refractivity contribution in [2.75, 3.05) is 0 Å². The van der Waals surface area contributed by atoms with Gasteiger partial charge in [-0.3, -0.25) is 4.79 Å². The summed E-state index contributed by atoms with van der Waals surface area (Å²) in [6.45, 7) is 2.69. The van der Waals surface area contributed by atoms with Crippen molar-refractivity contribution in [1.29, 1.82) is 0 Å². The second-order valence-electron chi connectivity index (χ2n) is 3.84. The SMILES string of the molecule is CCc1ccn(Cc2ccccc2)c(=O)c1. The number of aryl methyl sites for hydroxylation is 1. The minimum absolute atomic E-state index is 0.0724. The van der Waals surface area contributed by atoms with E-state index in [1.807, 2.05) is 42.6 Å². The van der Waals surface area contributed by atoms with Crippen molar-refractivity contribution in [3.63, 3.8) is 0 Å². The van der Waals surface area contributed by atoms with Gasteiger partial charge in [-0.15, -0.1) is 0 Å². The van der Waals surface area contributed by atoms with Gasteiger partial charge in [0.15, 0.2) is 0 Å². The summed E-state index contributed by atoms with van der Waals surface area (Å²) in [5, 5.41) is 0. The van der Waals surface area contributed by atoms with Gasteiger partial charge in [0.05, 0.1) is 6.54 Å². The zero-order valence-corrected chi connectivity index (χ0v) is 9.39. The van der Waals surface area contributed by atoms with Crippen LogP contribution in [0.4, 0.5) is 0 Å². The van der Waals surface area contributed by atoms with E-state index in [0.29, 0.717) is 6.54 Å². The molecule has 2 nitrogen and oxygen atoms in total. The summed E-state index contributed by atoms with van der Waals surface area (Å²) in [6, 6.07) is 13.7. The minimum Gasteiger partial charge on any atom is -0.311 e. The first-order valence-electron chi connectivity index (χ1n) is 5.53. The molecule has 82 valence electrons. The van der Waals surface area contributed by atoms with Gasteiger partial charge in [0.25, 0.3) is 5.56 Å². The Morgan fingerprint density at radius 2 is 1.81 bits per heavy atom. The molecular formula is C14H15NO. The van der Waals surface area contributed by atoms with Crippen LogP contribution in [0.15, 0.2) is 53.5 Å². The van der Waals surface area contributed by atoms with Crippen LogP contribution in [-0.2, 0) is 13.0 Å². The van der Waals surface area contributed by atoms with Crippen LogP contribution in [0.5, 0.6) is 0 Å². The molecule has 2 rings (SSSR count). The molecule has 0 fully saturated rings. The summed E-state index contributed by atoms with van der Waals surface area (Å²) in [5.74, 6) is 0. The smallest absolute Gasteiger partial charge is 0.251 e. The second kappa shape index (κ2) is 4.79.